The first-order valence-electron chi connectivity index (χ1n) is 7.70. The second kappa shape index (κ2) is 6.05. The molecule has 0 saturated carbocycles. The number of fused-ring (bicyclic) bond motifs is 1. The lowest BCUT2D eigenvalue weighted by atomic mass is 9.88. The zero-order chi connectivity index (χ0) is 15.5. The molecule has 4 aromatic rings. The van der Waals surface area contributed by atoms with Gasteiger partial charge in [-0.3, -0.25) is 0 Å². The van der Waals surface area contributed by atoms with Crippen LogP contribution in [-0.2, 0) is 6.42 Å². The smallest absolute Gasteiger partial charge is 0.198 e. The number of hydrogen-bond acceptors (Lipinski definition) is 3. The summed E-state index contributed by atoms with van der Waals surface area (Å²) in [6, 6.07) is 24.7. The van der Waals surface area contributed by atoms with E-state index in [1.54, 1.807) is 6.20 Å². The minimum Gasteiger partial charge on any atom is -0.439 e. The first kappa shape index (κ1) is 13.7. The molecule has 4 rings (SSSR count). The quantitative estimate of drug-likeness (QED) is 0.553. The maximum atomic E-state index is 5.87. The third-order valence-electron chi connectivity index (χ3n) is 3.99. The van der Waals surface area contributed by atoms with E-state index in [0.717, 1.165) is 11.5 Å². The molecule has 0 saturated heterocycles. The van der Waals surface area contributed by atoms with Gasteiger partial charge in [0.15, 0.2) is 17.1 Å². The number of hydrogen-bond donors (Lipinski definition) is 0. The van der Waals surface area contributed by atoms with Crippen molar-refractivity contribution < 1.29 is 4.42 Å². The summed E-state index contributed by atoms with van der Waals surface area (Å²) in [7, 11) is 0. The highest BCUT2D eigenvalue weighted by Gasteiger charge is 2.18. The van der Waals surface area contributed by atoms with Crippen LogP contribution in [0.2, 0.25) is 0 Å². The van der Waals surface area contributed by atoms with Crippen molar-refractivity contribution in [2.45, 2.75) is 12.3 Å². The Kier molecular flexibility index (Phi) is 3.60. The van der Waals surface area contributed by atoms with Crippen LogP contribution in [0.4, 0.5) is 0 Å². The van der Waals surface area contributed by atoms with E-state index in [0.29, 0.717) is 12.1 Å². The predicted octanol–water partition coefficient (Wildman–Crippen LogP) is 4.60. The molecule has 0 amide bonds. The van der Waals surface area contributed by atoms with Crippen molar-refractivity contribution in [3.8, 4) is 0 Å². The summed E-state index contributed by atoms with van der Waals surface area (Å²) in [5, 5.41) is 0. The van der Waals surface area contributed by atoms with Gasteiger partial charge in [0, 0.05) is 18.5 Å². The van der Waals surface area contributed by atoms with Gasteiger partial charge in [-0.1, -0.05) is 60.7 Å². The Hall–Kier alpha value is -2.94. The minimum absolute atomic E-state index is 0.213. The van der Waals surface area contributed by atoms with E-state index < -0.39 is 0 Å². The van der Waals surface area contributed by atoms with Crippen LogP contribution in [0.1, 0.15) is 22.9 Å². The van der Waals surface area contributed by atoms with Crippen molar-refractivity contribution in [2.24, 2.45) is 0 Å². The van der Waals surface area contributed by atoms with Gasteiger partial charge in [0.1, 0.15) is 0 Å². The van der Waals surface area contributed by atoms with Gasteiger partial charge >= 0.3 is 0 Å². The molecule has 0 atom stereocenters. The third-order valence-corrected chi connectivity index (χ3v) is 3.99. The fourth-order valence-corrected chi connectivity index (χ4v) is 2.87. The van der Waals surface area contributed by atoms with Crippen LogP contribution in [-0.4, -0.2) is 9.97 Å². The zero-order valence-electron chi connectivity index (χ0n) is 12.6. The van der Waals surface area contributed by atoms with Crippen LogP contribution in [0.3, 0.4) is 0 Å². The van der Waals surface area contributed by atoms with E-state index >= 15 is 0 Å². The summed E-state index contributed by atoms with van der Waals surface area (Å²) < 4.78 is 5.87. The fourth-order valence-electron chi connectivity index (χ4n) is 2.87. The highest BCUT2D eigenvalue weighted by atomic mass is 16.3. The summed E-state index contributed by atoms with van der Waals surface area (Å²) in [4.78, 5) is 8.78. The SMILES string of the molecule is c1ccc(C(Cc2nc3ncccc3o2)c2ccccc2)cc1. The molecule has 0 spiro atoms. The molecule has 0 radical (unpaired) electrons. The summed E-state index contributed by atoms with van der Waals surface area (Å²) in [6.07, 6.45) is 2.45. The monoisotopic (exact) mass is 300 g/mol. The molecule has 0 unspecified atom stereocenters. The van der Waals surface area contributed by atoms with Gasteiger partial charge in [-0.2, -0.15) is 4.98 Å². The third kappa shape index (κ3) is 2.86. The molecule has 0 bridgehead atoms. The van der Waals surface area contributed by atoms with E-state index in [9.17, 15) is 0 Å². The lowest BCUT2D eigenvalue weighted by Gasteiger charge is -2.16. The molecule has 0 aliphatic carbocycles. The number of nitrogens with zero attached hydrogens (tertiary/aromatic N) is 2. The average molecular weight is 300 g/mol. The predicted molar refractivity (Wildman–Crippen MR) is 90.2 cm³/mol. The summed E-state index contributed by atoms with van der Waals surface area (Å²) in [5.41, 5.74) is 3.92. The molecule has 0 aliphatic heterocycles. The lowest BCUT2D eigenvalue weighted by Crippen LogP contribution is -2.05. The van der Waals surface area contributed by atoms with E-state index in [-0.39, 0.29) is 5.92 Å². The van der Waals surface area contributed by atoms with Crippen molar-refractivity contribution in [2.75, 3.05) is 0 Å². The zero-order valence-corrected chi connectivity index (χ0v) is 12.6. The normalized spacial score (nSPS) is 11.2. The molecule has 3 heteroatoms. The van der Waals surface area contributed by atoms with Gasteiger partial charge in [-0.05, 0) is 23.3 Å². The van der Waals surface area contributed by atoms with Crippen LogP contribution in [0.15, 0.2) is 83.4 Å². The van der Waals surface area contributed by atoms with E-state index in [1.165, 1.54) is 11.1 Å². The molecular formula is C20H16N2O. The molecular weight excluding hydrogens is 284 g/mol. The summed E-state index contributed by atoms with van der Waals surface area (Å²) >= 11 is 0. The lowest BCUT2D eigenvalue weighted by molar-refractivity contribution is 0.514. The standard InChI is InChI=1S/C20H16N2O/c1-3-8-15(9-4-1)17(16-10-5-2-6-11-16)14-19-22-20-18(23-19)12-7-13-21-20/h1-13,17H,14H2. The molecule has 3 nitrogen and oxygen atoms in total. The van der Waals surface area contributed by atoms with Gasteiger partial charge in [0.05, 0.1) is 0 Å². The molecule has 23 heavy (non-hydrogen) atoms. The second-order valence-corrected chi connectivity index (χ2v) is 5.51. The van der Waals surface area contributed by atoms with Gasteiger partial charge in [0.2, 0.25) is 0 Å². The Morgan fingerprint density at radius 1 is 0.783 bits per heavy atom. The number of aromatic nitrogens is 2. The maximum absolute atomic E-state index is 5.87. The Morgan fingerprint density at radius 3 is 2.04 bits per heavy atom. The fraction of sp³-hybridized carbons (Fsp3) is 0.100. The molecule has 112 valence electrons. The number of pyridine rings is 1. The van der Waals surface area contributed by atoms with Crippen molar-refractivity contribution >= 4 is 11.2 Å². The summed E-state index contributed by atoms with van der Waals surface area (Å²) in [5.74, 6) is 0.932. The highest BCUT2D eigenvalue weighted by molar-refractivity contribution is 5.66. The van der Waals surface area contributed by atoms with E-state index in [1.807, 2.05) is 24.3 Å². The topological polar surface area (TPSA) is 38.9 Å². The Balaban J connectivity index is 1.73. The summed E-state index contributed by atoms with van der Waals surface area (Å²) in [6.45, 7) is 0. The second-order valence-electron chi connectivity index (χ2n) is 5.51. The molecule has 2 heterocycles. The highest BCUT2D eigenvalue weighted by Crippen LogP contribution is 2.29. The van der Waals surface area contributed by atoms with Crippen molar-refractivity contribution in [1.82, 2.24) is 9.97 Å². The number of oxazole rings is 1. The minimum atomic E-state index is 0.213. The first-order chi connectivity index (χ1) is 11.4. The number of rotatable bonds is 4. The van der Waals surface area contributed by atoms with Crippen LogP contribution in [0, 0.1) is 0 Å². The average Bonchev–Trinajstić information content (AvgIpc) is 3.04. The molecule has 0 aliphatic rings. The van der Waals surface area contributed by atoms with Crippen LogP contribution in [0.5, 0.6) is 0 Å². The van der Waals surface area contributed by atoms with Gasteiger partial charge in [-0.15, -0.1) is 0 Å². The molecule has 2 aromatic heterocycles. The number of benzene rings is 2. The Morgan fingerprint density at radius 2 is 1.43 bits per heavy atom. The van der Waals surface area contributed by atoms with E-state index in [2.05, 4.69) is 58.5 Å². The first-order valence-corrected chi connectivity index (χ1v) is 7.70. The van der Waals surface area contributed by atoms with Gasteiger partial charge in [-0.25, -0.2) is 4.98 Å². The van der Waals surface area contributed by atoms with Crippen molar-refractivity contribution in [1.29, 1.82) is 0 Å². The largest absolute Gasteiger partial charge is 0.439 e. The van der Waals surface area contributed by atoms with Crippen molar-refractivity contribution in [3.05, 3.63) is 96.0 Å². The van der Waals surface area contributed by atoms with Crippen LogP contribution >= 0.6 is 0 Å². The van der Waals surface area contributed by atoms with Gasteiger partial charge < -0.3 is 4.42 Å². The Labute approximate surface area is 134 Å². The Bertz CT molecular complexity index is 828. The maximum Gasteiger partial charge on any atom is 0.198 e. The van der Waals surface area contributed by atoms with Crippen molar-refractivity contribution in [3.63, 3.8) is 0 Å². The molecule has 0 N–H and O–H groups in total. The molecule has 2 aromatic carbocycles. The van der Waals surface area contributed by atoms with E-state index in [4.69, 9.17) is 4.42 Å². The van der Waals surface area contributed by atoms with Gasteiger partial charge in [0.25, 0.3) is 0 Å². The van der Waals surface area contributed by atoms with Crippen LogP contribution < -0.4 is 0 Å². The van der Waals surface area contributed by atoms with Crippen LogP contribution in [0.25, 0.3) is 11.2 Å². The molecule has 0 fully saturated rings.